The van der Waals surface area contributed by atoms with Crippen molar-refractivity contribution in [3.8, 4) is 0 Å². The van der Waals surface area contributed by atoms with E-state index < -0.39 is 6.10 Å². The normalized spacial score (nSPS) is 12.1. The van der Waals surface area contributed by atoms with Gasteiger partial charge in [0, 0.05) is 19.3 Å². The zero-order chi connectivity index (χ0) is 44.4. The largest absolute Gasteiger partial charge is 0.462 e. The van der Waals surface area contributed by atoms with Crippen LogP contribution in [0.1, 0.15) is 290 Å². The number of ether oxygens (including phenoxy) is 3. The summed E-state index contributed by atoms with van der Waals surface area (Å²) in [6, 6.07) is 0. The van der Waals surface area contributed by atoms with Crippen LogP contribution in [-0.2, 0) is 28.6 Å². The van der Waals surface area contributed by atoms with Crippen molar-refractivity contribution in [3.63, 3.8) is 0 Å². The van der Waals surface area contributed by atoms with E-state index in [0.717, 1.165) is 77.0 Å². The van der Waals surface area contributed by atoms with Crippen LogP contribution in [0.25, 0.3) is 0 Å². The standard InChI is InChI=1S/C55H102O6/c1-4-7-10-13-16-19-22-25-27-28-29-31-33-36-39-42-45-48-54(57)60-51-52(50-59-53(56)47-44-41-38-35-32-24-21-18-15-12-9-6-3)61-55(58)49-46-43-40-37-34-30-26-23-20-17-14-11-8-5-2/h18,21,30,34,52H,4-17,19-20,22-29,31-33,35-51H2,1-3H3/b21-18-,34-30-. The first kappa shape index (κ1) is 58.9. The fourth-order valence-electron chi connectivity index (χ4n) is 7.84. The van der Waals surface area contributed by atoms with Gasteiger partial charge in [-0.3, -0.25) is 14.4 Å². The van der Waals surface area contributed by atoms with Gasteiger partial charge in [-0.1, -0.05) is 225 Å². The van der Waals surface area contributed by atoms with E-state index in [2.05, 4.69) is 45.1 Å². The van der Waals surface area contributed by atoms with Crippen molar-refractivity contribution in [1.82, 2.24) is 0 Å². The molecular weight excluding hydrogens is 757 g/mol. The third kappa shape index (κ3) is 48.8. The molecule has 1 unspecified atom stereocenters. The van der Waals surface area contributed by atoms with Crippen LogP contribution >= 0.6 is 0 Å². The van der Waals surface area contributed by atoms with Crippen molar-refractivity contribution < 1.29 is 28.6 Å². The van der Waals surface area contributed by atoms with Crippen LogP contribution in [0.3, 0.4) is 0 Å². The van der Waals surface area contributed by atoms with Gasteiger partial charge in [-0.2, -0.15) is 0 Å². The number of hydrogen-bond acceptors (Lipinski definition) is 6. The predicted octanol–water partition coefficient (Wildman–Crippen LogP) is 17.5. The van der Waals surface area contributed by atoms with E-state index in [1.54, 1.807) is 0 Å². The Bertz CT molecular complexity index is 989. The van der Waals surface area contributed by atoms with Crippen LogP contribution in [0, 0.1) is 0 Å². The van der Waals surface area contributed by atoms with Crippen LogP contribution in [0.2, 0.25) is 0 Å². The highest BCUT2D eigenvalue weighted by atomic mass is 16.6. The first-order valence-corrected chi connectivity index (χ1v) is 26.8. The number of unbranched alkanes of at least 4 members (excludes halogenated alkanes) is 34. The van der Waals surface area contributed by atoms with E-state index >= 15 is 0 Å². The van der Waals surface area contributed by atoms with Crippen LogP contribution in [0.4, 0.5) is 0 Å². The molecule has 0 amide bonds. The summed E-state index contributed by atoms with van der Waals surface area (Å²) in [4.78, 5) is 38.0. The van der Waals surface area contributed by atoms with Gasteiger partial charge in [0.05, 0.1) is 0 Å². The van der Waals surface area contributed by atoms with Gasteiger partial charge in [0.1, 0.15) is 13.2 Å². The maximum absolute atomic E-state index is 12.8. The van der Waals surface area contributed by atoms with E-state index in [1.165, 1.54) is 173 Å². The second kappa shape index (κ2) is 50.5. The molecular formula is C55H102O6. The van der Waals surface area contributed by atoms with E-state index in [-0.39, 0.29) is 31.1 Å². The molecule has 358 valence electrons. The Morgan fingerprint density at radius 3 is 0.869 bits per heavy atom. The summed E-state index contributed by atoms with van der Waals surface area (Å²) >= 11 is 0. The van der Waals surface area contributed by atoms with Crippen molar-refractivity contribution >= 4 is 17.9 Å². The molecule has 6 nitrogen and oxygen atoms in total. The summed E-state index contributed by atoms with van der Waals surface area (Å²) in [6.45, 7) is 6.62. The lowest BCUT2D eigenvalue weighted by molar-refractivity contribution is -0.167. The fraction of sp³-hybridized carbons (Fsp3) is 0.873. The van der Waals surface area contributed by atoms with E-state index in [1.807, 2.05) is 0 Å². The molecule has 0 aliphatic heterocycles. The summed E-state index contributed by atoms with van der Waals surface area (Å²) < 4.78 is 16.8. The van der Waals surface area contributed by atoms with Gasteiger partial charge in [-0.05, 0) is 70.6 Å². The first-order chi connectivity index (χ1) is 30.0. The highest BCUT2D eigenvalue weighted by molar-refractivity contribution is 5.71. The second-order valence-electron chi connectivity index (χ2n) is 18.1. The molecule has 0 aromatic heterocycles. The van der Waals surface area contributed by atoms with Crippen molar-refractivity contribution in [1.29, 1.82) is 0 Å². The molecule has 0 N–H and O–H groups in total. The zero-order valence-electron chi connectivity index (χ0n) is 40.9. The molecule has 0 radical (unpaired) electrons. The van der Waals surface area contributed by atoms with E-state index in [0.29, 0.717) is 19.3 Å². The summed E-state index contributed by atoms with van der Waals surface area (Å²) in [5, 5.41) is 0. The smallest absolute Gasteiger partial charge is 0.306 e. The molecule has 0 aromatic rings. The number of rotatable bonds is 49. The summed E-state index contributed by atoms with van der Waals surface area (Å²) in [5.74, 6) is -0.887. The van der Waals surface area contributed by atoms with Crippen LogP contribution < -0.4 is 0 Å². The first-order valence-electron chi connectivity index (χ1n) is 26.8. The summed E-state index contributed by atoms with van der Waals surface area (Å²) in [5.41, 5.74) is 0. The van der Waals surface area contributed by atoms with Gasteiger partial charge in [0.15, 0.2) is 6.10 Å². The van der Waals surface area contributed by atoms with Crippen molar-refractivity contribution in [3.05, 3.63) is 24.3 Å². The zero-order valence-corrected chi connectivity index (χ0v) is 40.9. The molecule has 0 aliphatic carbocycles. The minimum atomic E-state index is -0.777. The molecule has 0 aromatic carbocycles. The van der Waals surface area contributed by atoms with Crippen LogP contribution in [-0.4, -0.2) is 37.2 Å². The van der Waals surface area contributed by atoms with E-state index in [4.69, 9.17) is 14.2 Å². The van der Waals surface area contributed by atoms with Gasteiger partial charge in [0.25, 0.3) is 0 Å². The highest BCUT2D eigenvalue weighted by Gasteiger charge is 2.19. The molecule has 0 bridgehead atoms. The van der Waals surface area contributed by atoms with Crippen LogP contribution in [0.15, 0.2) is 24.3 Å². The Balaban J connectivity index is 4.34. The molecule has 0 rings (SSSR count). The van der Waals surface area contributed by atoms with Crippen molar-refractivity contribution in [2.45, 2.75) is 297 Å². The molecule has 61 heavy (non-hydrogen) atoms. The third-order valence-electron chi connectivity index (χ3n) is 11.9. The number of carbonyl (C=O) groups excluding carboxylic acids is 3. The second-order valence-corrected chi connectivity index (χ2v) is 18.1. The van der Waals surface area contributed by atoms with Gasteiger partial charge >= 0.3 is 17.9 Å². The Hall–Kier alpha value is -2.11. The lowest BCUT2D eigenvalue weighted by Gasteiger charge is -2.18. The topological polar surface area (TPSA) is 78.9 Å². The van der Waals surface area contributed by atoms with Gasteiger partial charge in [-0.25, -0.2) is 0 Å². The number of carbonyl (C=O) groups is 3. The van der Waals surface area contributed by atoms with Crippen LogP contribution in [0.5, 0.6) is 0 Å². The number of esters is 3. The highest BCUT2D eigenvalue weighted by Crippen LogP contribution is 2.16. The Labute approximate surface area is 379 Å². The average Bonchev–Trinajstić information content (AvgIpc) is 3.26. The minimum Gasteiger partial charge on any atom is -0.462 e. The minimum absolute atomic E-state index is 0.0760. The molecule has 0 heterocycles. The monoisotopic (exact) mass is 859 g/mol. The molecule has 0 saturated heterocycles. The maximum Gasteiger partial charge on any atom is 0.306 e. The molecule has 1 atom stereocenters. The SMILES string of the molecule is CCCCC/C=C\CCCCCCCC(=O)OCC(COC(=O)CCCCCCCCCCCCCCCCCCC)OC(=O)CCCCC/C=C\CCCCCCCCC. The van der Waals surface area contributed by atoms with Crippen molar-refractivity contribution in [2.24, 2.45) is 0 Å². The Morgan fingerprint density at radius 1 is 0.311 bits per heavy atom. The summed E-state index contributed by atoms with van der Waals surface area (Å²) in [6.07, 6.45) is 57.3. The molecule has 0 fully saturated rings. The van der Waals surface area contributed by atoms with Crippen molar-refractivity contribution in [2.75, 3.05) is 13.2 Å². The molecule has 6 heteroatoms. The number of allylic oxidation sites excluding steroid dienone is 4. The van der Waals surface area contributed by atoms with Gasteiger partial charge < -0.3 is 14.2 Å². The maximum atomic E-state index is 12.8. The molecule has 0 aliphatic rings. The average molecular weight is 859 g/mol. The van der Waals surface area contributed by atoms with E-state index in [9.17, 15) is 14.4 Å². The predicted molar refractivity (Wildman–Crippen MR) is 261 cm³/mol. The fourth-order valence-corrected chi connectivity index (χ4v) is 7.84. The quantitative estimate of drug-likeness (QED) is 0.0262. The lowest BCUT2D eigenvalue weighted by Crippen LogP contribution is -2.30. The lowest BCUT2D eigenvalue weighted by atomic mass is 10.0. The van der Waals surface area contributed by atoms with Gasteiger partial charge in [0.2, 0.25) is 0 Å². The Morgan fingerprint density at radius 2 is 0.541 bits per heavy atom. The number of hydrogen-bond donors (Lipinski definition) is 0. The third-order valence-corrected chi connectivity index (χ3v) is 11.9. The van der Waals surface area contributed by atoms with Gasteiger partial charge in [-0.15, -0.1) is 0 Å². The molecule has 0 saturated carbocycles. The Kier molecular flexibility index (Phi) is 48.8. The molecule has 0 spiro atoms. The summed E-state index contributed by atoms with van der Waals surface area (Å²) in [7, 11) is 0.